The fourth-order valence-corrected chi connectivity index (χ4v) is 2.73. The van der Waals surface area contributed by atoms with Gasteiger partial charge < -0.3 is 14.2 Å². The first kappa shape index (κ1) is 20.7. The topological polar surface area (TPSA) is 87.9 Å². The molecule has 0 spiro atoms. The fraction of sp³-hybridized carbons (Fsp3) is 0.167. The van der Waals surface area contributed by atoms with E-state index in [1.807, 2.05) is 6.92 Å². The van der Waals surface area contributed by atoms with E-state index >= 15 is 0 Å². The van der Waals surface area contributed by atoms with Gasteiger partial charge in [-0.05, 0) is 64.3 Å². The van der Waals surface area contributed by atoms with Gasteiger partial charge in [0.1, 0.15) is 5.75 Å². The number of nitro groups is 1. The molecule has 2 aromatic carbocycles. The number of carbonyl (C=O) groups excluding carboxylic acids is 1. The normalized spacial score (nSPS) is 10.7. The van der Waals surface area contributed by atoms with E-state index in [-0.39, 0.29) is 18.1 Å². The van der Waals surface area contributed by atoms with E-state index in [1.54, 1.807) is 24.3 Å². The molecular formula is C18H15BrClNO6. The highest BCUT2D eigenvalue weighted by Gasteiger charge is 2.16. The van der Waals surface area contributed by atoms with Crippen molar-refractivity contribution in [3.05, 3.63) is 67.3 Å². The minimum Gasteiger partial charge on any atom is -0.493 e. The predicted octanol–water partition coefficient (Wildman–Crippen LogP) is 4.65. The molecule has 0 aliphatic rings. The van der Waals surface area contributed by atoms with Gasteiger partial charge in [-0.15, -0.1) is 0 Å². The van der Waals surface area contributed by atoms with Crippen LogP contribution in [0.1, 0.15) is 11.1 Å². The maximum Gasteiger partial charge on any atom is 0.349 e. The van der Waals surface area contributed by atoms with Crippen LogP contribution >= 0.6 is 27.5 Å². The molecule has 0 atom stereocenters. The van der Waals surface area contributed by atoms with Crippen molar-refractivity contribution in [1.82, 2.24) is 0 Å². The molecule has 0 bridgehead atoms. The molecular weight excluding hydrogens is 442 g/mol. The van der Waals surface area contributed by atoms with Crippen LogP contribution in [0.25, 0.3) is 6.08 Å². The second kappa shape index (κ2) is 9.38. The Kier molecular flexibility index (Phi) is 7.20. The summed E-state index contributed by atoms with van der Waals surface area (Å²) in [7, 11) is 1.40. The number of carbonyl (C=O) groups is 1. The Bertz CT molecular complexity index is 900. The third-order valence-corrected chi connectivity index (χ3v) is 4.36. The highest BCUT2D eigenvalue weighted by Crippen LogP contribution is 2.37. The number of benzene rings is 2. The van der Waals surface area contributed by atoms with Gasteiger partial charge in [0.15, 0.2) is 18.1 Å². The van der Waals surface area contributed by atoms with Crippen molar-refractivity contribution in [3.8, 4) is 17.2 Å². The van der Waals surface area contributed by atoms with E-state index < -0.39 is 10.9 Å². The highest BCUT2D eigenvalue weighted by molar-refractivity contribution is 9.10. The van der Waals surface area contributed by atoms with Crippen LogP contribution in [0.2, 0.25) is 5.02 Å². The summed E-state index contributed by atoms with van der Waals surface area (Å²) in [5, 5.41) is 11.0. The van der Waals surface area contributed by atoms with Crippen molar-refractivity contribution >= 4 is 39.6 Å². The lowest BCUT2D eigenvalue weighted by Gasteiger charge is -2.13. The largest absolute Gasteiger partial charge is 0.493 e. The first-order chi connectivity index (χ1) is 12.8. The van der Waals surface area contributed by atoms with Gasteiger partial charge in [-0.2, -0.15) is 0 Å². The molecule has 0 aromatic heterocycles. The van der Waals surface area contributed by atoms with Crippen molar-refractivity contribution < 1.29 is 23.9 Å². The number of nitrogens with zero attached hydrogens (tertiary/aromatic N) is 1. The number of ether oxygens (including phenoxy) is 3. The van der Waals surface area contributed by atoms with E-state index in [0.717, 1.165) is 11.8 Å². The van der Waals surface area contributed by atoms with E-state index in [9.17, 15) is 14.9 Å². The van der Waals surface area contributed by atoms with E-state index in [1.165, 1.54) is 19.3 Å². The Morgan fingerprint density at radius 3 is 2.70 bits per heavy atom. The van der Waals surface area contributed by atoms with E-state index in [0.29, 0.717) is 20.8 Å². The van der Waals surface area contributed by atoms with Gasteiger partial charge in [0, 0.05) is 11.1 Å². The molecule has 0 fully saturated rings. The van der Waals surface area contributed by atoms with Crippen LogP contribution < -0.4 is 14.2 Å². The number of methoxy groups -OCH3 is 1. The molecule has 2 rings (SSSR count). The number of hydrogen-bond acceptors (Lipinski definition) is 6. The number of aryl methyl sites for hydroxylation is 1. The Morgan fingerprint density at radius 1 is 1.33 bits per heavy atom. The lowest BCUT2D eigenvalue weighted by atomic mass is 10.2. The zero-order valence-corrected chi connectivity index (χ0v) is 16.7. The minimum atomic E-state index is -0.643. The Hall–Kier alpha value is -2.58. The molecule has 0 radical (unpaired) electrons. The van der Waals surface area contributed by atoms with Crippen molar-refractivity contribution in [2.24, 2.45) is 0 Å². The van der Waals surface area contributed by atoms with Gasteiger partial charge in [-0.25, -0.2) is 4.79 Å². The van der Waals surface area contributed by atoms with Crippen LogP contribution in [0.4, 0.5) is 0 Å². The number of halogens is 2. The van der Waals surface area contributed by atoms with Crippen molar-refractivity contribution in [2.75, 3.05) is 13.7 Å². The van der Waals surface area contributed by atoms with Crippen LogP contribution in [-0.4, -0.2) is 24.6 Å². The van der Waals surface area contributed by atoms with Crippen LogP contribution in [0.5, 0.6) is 17.2 Å². The lowest BCUT2D eigenvalue weighted by molar-refractivity contribution is -0.400. The average Bonchev–Trinajstić information content (AvgIpc) is 2.62. The second-order valence-electron chi connectivity index (χ2n) is 5.31. The summed E-state index contributed by atoms with van der Waals surface area (Å²) >= 11 is 9.22. The summed E-state index contributed by atoms with van der Waals surface area (Å²) in [4.78, 5) is 22.0. The van der Waals surface area contributed by atoms with Gasteiger partial charge in [0.25, 0.3) is 0 Å². The zero-order chi connectivity index (χ0) is 20.0. The molecule has 0 amide bonds. The molecule has 0 aliphatic carbocycles. The van der Waals surface area contributed by atoms with E-state index in [2.05, 4.69) is 15.9 Å². The predicted molar refractivity (Wildman–Crippen MR) is 104 cm³/mol. The third kappa shape index (κ3) is 5.97. The molecule has 7 nitrogen and oxygen atoms in total. The van der Waals surface area contributed by atoms with E-state index in [4.69, 9.17) is 25.8 Å². The number of hydrogen-bond donors (Lipinski definition) is 0. The van der Waals surface area contributed by atoms with Gasteiger partial charge in [-0.3, -0.25) is 10.1 Å². The molecule has 27 heavy (non-hydrogen) atoms. The molecule has 0 unspecified atom stereocenters. The molecule has 0 N–H and O–H groups in total. The monoisotopic (exact) mass is 455 g/mol. The van der Waals surface area contributed by atoms with Gasteiger partial charge >= 0.3 is 5.97 Å². The Balaban J connectivity index is 2.09. The molecule has 142 valence electrons. The van der Waals surface area contributed by atoms with Crippen LogP contribution in [0.3, 0.4) is 0 Å². The standard InChI is InChI=1S/C18H15BrClNO6/c1-11-7-13(3-4-15(11)20)26-10-17(22)27-18-14(19)8-12(5-6-21(23)24)9-16(18)25-2/h3-9H,10H2,1-2H3. The summed E-state index contributed by atoms with van der Waals surface area (Å²) in [6, 6.07) is 8.11. The summed E-state index contributed by atoms with van der Waals surface area (Å²) in [5.41, 5.74) is 1.33. The summed E-state index contributed by atoms with van der Waals surface area (Å²) < 4.78 is 16.3. The molecule has 9 heteroatoms. The first-order valence-corrected chi connectivity index (χ1v) is 8.76. The zero-order valence-electron chi connectivity index (χ0n) is 14.4. The lowest BCUT2D eigenvalue weighted by Crippen LogP contribution is -2.18. The van der Waals surface area contributed by atoms with Crippen LogP contribution in [0, 0.1) is 17.0 Å². The van der Waals surface area contributed by atoms with Crippen LogP contribution in [0.15, 0.2) is 41.0 Å². The summed E-state index contributed by atoms with van der Waals surface area (Å²) in [5.74, 6) is 0.232. The Labute approximate surface area is 168 Å². The van der Waals surface area contributed by atoms with Crippen molar-refractivity contribution in [1.29, 1.82) is 0 Å². The smallest absolute Gasteiger partial charge is 0.349 e. The van der Waals surface area contributed by atoms with Gasteiger partial charge in [0.2, 0.25) is 6.20 Å². The van der Waals surface area contributed by atoms with Crippen molar-refractivity contribution in [3.63, 3.8) is 0 Å². The van der Waals surface area contributed by atoms with Crippen molar-refractivity contribution in [2.45, 2.75) is 6.92 Å². The highest BCUT2D eigenvalue weighted by atomic mass is 79.9. The molecule has 0 aliphatic heterocycles. The molecule has 0 heterocycles. The number of rotatable bonds is 7. The SMILES string of the molecule is COc1cc(C=C[N+](=O)[O-])cc(Br)c1OC(=O)COc1ccc(Cl)c(C)c1. The second-order valence-corrected chi connectivity index (χ2v) is 6.57. The summed E-state index contributed by atoms with van der Waals surface area (Å²) in [6.07, 6.45) is 2.10. The van der Waals surface area contributed by atoms with Crippen LogP contribution in [-0.2, 0) is 4.79 Å². The van der Waals surface area contributed by atoms with Gasteiger partial charge in [-0.1, -0.05) is 11.6 Å². The first-order valence-electron chi connectivity index (χ1n) is 7.59. The van der Waals surface area contributed by atoms with Gasteiger partial charge in [0.05, 0.1) is 16.5 Å². The maximum absolute atomic E-state index is 12.1. The summed E-state index contributed by atoms with van der Waals surface area (Å²) in [6.45, 7) is 1.50. The quantitative estimate of drug-likeness (QED) is 0.261. The Morgan fingerprint density at radius 2 is 2.07 bits per heavy atom. The maximum atomic E-state index is 12.1. The minimum absolute atomic E-state index is 0.150. The fourth-order valence-electron chi connectivity index (χ4n) is 2.07. The molecule has 2 aromatic rings. The molecule has 0 saturated carbocycles. The average molecular weight is 457 g/mol. The third-order valence-electron chi connectivity index (χ3n) is 3.34. The molecule has 0 saturated heterocycles. The number of esters is 1.